The van der Waals surface area contributed by atoms with Gasteiger partial charge in [-0.15, -0.1) is 0 Å². The first-order chi connectivity index (χ1) is 14.5. The minimum absolute atomic E-state index is 0.0978. The molecule has 2 heterocycles. The molecule has 0 aliphatic carbocycles. The van der Waals surface area contributed by atoms with Gasteiger partial charge in [-0.3, -0.25) is 13.9 Å². The van der Waals surface area contributed by atoms with E-state index in [1.54, 1.807) is 11.6 Å². The molecular formula is C21H18ClN3O2S3. The molecule has 0 atom stereocenters. The van der Waals surface area contributed by atoms with Crippen LogP contribution in [0.1, 0.15) is 12.5 Å². The Labute approximate surface area is 191 Å². The van der Waals surface area contributed by atoms with Crippen LogP contribution in [0.2, 0.25) is 5.02 Å². The minimum atomic E-state index is -0.0978. The van der Waals surface area contributed by atoms with Gasteiger partial charge in [0.05, 0.1) is 6.61 Å². The number of hydrogen-bond acceptors (Lipinski definition) is 6. The summed E-state index contributed by atoms with van der Waals surface area (Å²) in [7, 11) is 1.74. The van der Waals surface area contributed by atoms with Crippen LogP contribution in [-0.2, 0) is 12.8 Å². The van der Waals surface area contributed by atoms with Crippen molar-refractivity contribution in [2.75, 3.05) is 6.61 Å². The highest BCUT2D eigenvalue weighted by atomic mass is 35.5. The number of thiazole rings is 1. The highest BCUT2D eigenvalue weighted by molar-refractivity contribution is 7.98. The summed E-state index contributed by atoms with van der Waals surface area (Å²) < 4.78 is 10.1. The third-order valence-corrected chi connectivity index (χ3v) is 7.17. The van der Waals surface area contributed by atoms with Crippen molar-refractivity contribution < 1.29 is 4.74 Å². The molecule has 0 bridgehead atoms. The third-order valence-electron chi connectivity index (χ3n) is 4.46. The van der Waals surface area contributed by atoms with Gasteiger partial charge in [0.1, 0.15) is 10.4 Å². The van der Waals surface area contributed by atoms with Gasteiger partial charge in [0.25, 0.3) is 5.56 Å². The van der Waals surface area contributed by atoms with E-state index in [-0.39, 0.29) is 5.56 Å². The largest absolute Gasteiger partial charge is 0.494 e. The fourth-order valence-corrected chi connectivity index (χ4v) is 5.35. The summed E-state index contributed by atoms with van der Waals surface area (Å²) in [6.45, 7) is 2.55. The van der Waals surface area contributed by atoms with Crippen molar-refractivity contribution in [2.45, 2.75) is 17.8 Å². The number of thioether (sulfide) groups is 1. The molecule has 4 rings (SSSR count). The van der Waals surface area contributed by atoms with Crippen LogP contribution in [0.25, 0.3) is 16.0 Å². The molecule has 0 fully saturated rings. The summed E-state index contributed by atoms with van der Waals surface area (Å²) in [5, 5.41) is 1.33. The third kappa shape index (κ3) is 4.18. The summed E-state index contributed by atoms with van der Waals surface area (Å²) >= 11 is 14.3. The van der Waals surface area contributed by atoms with Crippen LogP contribution in [0.15, 0.2) is 58.5 Å². The van der Waals surface area contributed by atoms with E-state index in [0.29, 0.717) is 36.8 Å². The second-order valence-electron chi connectivity index (χ2n) is 6.46. The van der Waals surface area contributed by atoms with E-state index in [9.17, 15) is 4.79 Å². The quantitative estimate of drug-likeness (QED) is 0.198. The van der Waals surface area contributed by atoms with Crippen molar-refractivity contribution in [2.24, 2.45) is 7.05 Å². The van der Waals surface area contributed by atoms with Crippen LogP contribution in [-0.4, -0.2) is 20.7 Å². The van der Waals surface area contributed by atoms with E-state index >= 15 is 0 Å². The number of fused-ring (bicyclic) bond motifs is 1. The van der Waals surface area contributed by atoms with E-state index in [2.05, 4.69) is 0 Å². The zero-order valence-electron chi connectivity index (χ0n) is 16.3. The number of halogens is 1. The molecule has 154 valence electrons. The summed E-state index contributed by atoms with van der Waals surface area (Å²) in [6.07, 6.45) is 0. The maximum absolute atomic E-state index is 13.0. The molecule has 5 nitrogen and oxygen atoms in total. The normalized spacial score (nSPS) is 11.2. The van der Waals surface area contributed by atoms with Gasteiger partial charge in [0, 0.05) is 23.5 Å². The highest BCUT2D eigenvalue weighted by Gasteiger charge is 2.16. The molecule has 0 aliphatic heterocycles. The first kappa shape index (κ1) is 21.1. The second kappa shape index (κ2) is 8.93. The number of aromatic nitrogens is 3. The maximum Gasteiger partial charge on any atom is 0.273 e. The van der Waals surface area contributed by atoms with E-state index in [1.807, 2.05) is 60.0 Å². The van der Waals surface area contributed by atoms with E-state index in [1.165, 1.54) is 23.1 Å². The highest BCUT2D eigenvalue weighted by Crippen LogP contribution is 2.28. The number of benzene rings is 2. The molecule has 9 heteroatoms. The van der Waals surface area contributed by atoms with E-state index in [4.69, 9.17) is 33.5 Å². The SMILES string of the molecule is CCOc1ccc(-n2c(=S)sc3c(=O)n(C)c(SCc4ccc(Cl)cc4)nc32)cc1. The van der Waals surface area contributed by atoms with Crippen molar-refractivity contribution in [3.63, 3.8) is 0 Å². The standard InChI is InChI=1S/C21H18ClN3O2S3/c1-3-27-16-10-8-15(9-11-16)25-18-17(30-21(25)28)19(26)24(2)20(23-18)29-12-13-4-6-14(22)7-5-13/h4-11H,3,12H2,1-2H3. The van der Waals surface area contributed by atoms with Crippen LogP contribution >= 0.6 is 46.9 Å². The number of rotatable bonds is 6. The molecule has 0 amide bonds. The number of nitrogens with zero attached hydrogens (tertiary/aromatic N) is 3. The molecule has 0 unspecified atom stereocenters. The molecule has 30 heavy (non-hydrogen) atoms. The lowest BCUT2D eigenvalue weighted by Crippen LogP contribution is -2.19. The first-order valence-electron chi connectivity index (χ1n) is 9.21. The molecule has 0 saturated carbocycles. The molecule has 0 aliphatic rings. The van der Waals surface area contributed by atoms with Gasteiger partial charge in [-0.05, 0) is 61.1 Å². The smallest absolute Gasteiger partial charge is 0.273 e. The van der Waals surface area contributed by atoms with Crippen molar-refractivity contribution >= 4 is 57.3 Å². The minimum Gasteiger partial charge on any atom is -0.494 e. The maximum atomic E-state index is 13.0. The van der Waals surface area contributed by atoms with Crippen LogP contribution in [0.5, 0.6) is 5.75 Å². The predicted molar refractivity (Wildman–Crippen MR) is 127 cm³/mol. The van der Waals surface area contributed by atoms with Crippen molar-refractivity contribution in [3.05, 3.63) is 73.4 Å². The van der Waals surface area contributed by atoms with Crippen LogP contribution in [0.4, 0.5) is 0 Å². The second-order valence-corrected chi connectivity index (χ2v) is 9.48. The molecule has 0 spiro atoms. The Kier molecular flexibility index (Phi) is 6.29. The number of hydrogen-bond donors (Lipinski definition) is 0. The monoisotopic (exact) mass is 475 g/mol. The van der Waals surface area contributed by atoms with Gasteiger partial charge in [0.15, 0.2) is 14.8 Å². The fourth-order valence-electron chi connectivity index (χ4n) is 2.95. The van der Waals surface area contributed by atoms with Gasteiger partial charge >= 0.3 is 0 Å². The Hall–Kier alpha value is -2.13. The lowest BCUT2D eigenvalue weighted by molar-refractivity contribution is 0.340. The molecule has 0 radical (unpaired) electrons. The zero-order valence-corrected chi connectivity index (χ0v) is 19.5. The first-order valence-corrected chi connectivity index (χ1v) is 11.8. The molecule has 0 N–H and O–H groups in total. The Morgan fingerprint density at radius 1 is 1.17 bits per heavy atom. The predicted octanol–water partition coefficient (Wildman–Crippen LogP) is 5.86. The van der Waals surface area contributed by atoms with Crippen LogP contribution in [0, 0.1) is 3.95 Å². The van der Waals surface area contributed by atoms with E-state index < -0.39 is 0 Å². The Balaban J connectivity index is 1.75. The summed E-state index contributed by atoms with van der Waals surface area (Å²) in [6, 6.07) is 15.3. The Morgan fingerprint density at radius 3 is 2.53 bits per heavy atom. The average Bonchev–Trinajstić information content (AvgIpc) is 3.08. The summed E-state index contributed by atoms with van der Waals surface area (Å²) in [5.41, 5.74) is 2.44. The van der Waals surface area contributed by atoms with Gasteiger partial charge in [0.2, 0.25) is 0 Å². The number of ether oxygens (including phenoxy) is 1. The molecule has 4 aromatic rings. The van der Waals surface area contributed by atoms with Gasteiger partial charge in [-0.25, -0.2) is 4.98 Å². The Morgan fingerprint density at radius 2 is 1.87 bits per heavy atom. The molecule has 2 aromatic heterocycles. The summed E-state index contributed by atoms with van der Waals surface area (Å²) in [5.74, 6) is 1.46. The fraction of sp³-hybridized carbons (Fsp3) is 0.190. The molecular weight excluding hydrogens is 458 g/mol. The average molecular weight is 476 g/mol. The van der Waals surface area contributed by atoms with Crippen molar-refractivity contribution in [1.29, 1.82) is 0 Å². The lowest BCUT2D eigenvalue weighted by Gasteiger charge is -2.10. The van der Waals surface area contributed by atoms with Gasteiger partial charge in [-0.1, -0.05) is 46.8 Å². The lowest BCUT2D eigenvalue weighted by atomic mass is 10.2. The van der Waals surface area contributed by atoms with Gasteiger partial charge in [-0.2, -0.15) is 0 Å². The Bertz CT molecular complexity index is 1310. The van der Waals surface area contributed by atoms with Crippen molar-refractivity contribution in [3.8, 4) is 11.4 Å². The summed E-state index contributed by atoms with van der Waals surface area (Å²) in [4.78, 5) is 17.8. The topological polar surface area (TPSA) is 49.0 Å². The van der Waals surface area contributed by atoms with Crippen LogP contribution < -0.4 is 10.3 Å². The van der Waals surface area contributed by atoms with Crippen molar-refractivity contribution in [1.82, 2.24) is 14.1 Å². The zero-order chi connectivity index (χ0) is 21.3. The van der Waals surface area contributed by atoms with Crippen LogP contribution in [0.3, 0.4) is 0 Å². The molecule has 2 aromatic carbocycles. The van der Waals surface area contributed by atoms with Gasteiger partial charge < -0.3 is 4.74 Å². The van der Waals surface area contributed by atoms with E-state index in [0.717, 1.165) is 17.0 Å². The molecule has 0 saturated heterocycles.